The third-order valence-electron chi connectivity index (χ3n) is 8.08. The largest absolute Gasteiger partial charge is 0.462 e. The number of pyridine rings is 1. The molecule has 1 aliphatic carbocycles. The van der Waals surface area contributed by atoms with E-state index in [1.54, 1.807) is 6.92 Å². The van der Waals surface area contributed by atoms with Gasteiger partial charge in [0.2, 0.25) is 5.91 Å². The quantitative estimate of drug-likeness (QED) is 0.698. The van der Waals surface area contributed by atoms with Crippen molar-refractivity contribution in [2.24, 2.45) is 29.6 Å². The van der Waals surface area contributed by atoms with Gasteiger partial charge in [0.25, 0.3) is 0 Å². The Hall–Kier alpha value is -2.37. The lowest BCUT2D eigenvalue weighted by Crippen LogP contribution is -2.51. The van der Waals surface area contributed by atoms with Gasteiger partial charge in [-0.15, -0.1) is 0 Å². The van der Waals surface area contributed by atoms with Gasteiger partial charge in [0, 0.05) is 39.0 Å². The maximum atomic E-state index is 12.5. The zero-order chi connectivity index (χ0) is 21.5. The number of nitrogens with zero attached hydrogens (tertiary/aromatic N) is 3. The predicted octanol–water partition coefficient (Wildman–Crippen LogP) is 3.38. The number of amides is 1. The van der Waals surface area contributed by atoms with Crippen molar-refractivity contribution in [3.05, 3.63) is 30.1 Å². The van der Waals surface area contributed by atoms with Crippen LogP contribution in [0.25, 0.3) is 6.08 Å². The van der Waals surface area contributed by atoms with Crippen molar-refractivity contribution in [3.63, 3.8) is 0 Å². The second-order valence-corrected chi connectivity index (χ2v) is 9.81. The summed E-state index contributed by atoms with van der Waals surface area (Å²) in [5.74, 6) is 1.37. The van der Waals surface area contributed by atoms with Crippen LogP contribution in [0.15, 0.2) is 24.4 Å². The van der Waals surface area contributed by atoms with Crippen LogP contribution in [0.5, 0.6) is 0 Å². The van der Waals surface area contributed by atoms with E-state index < -0.39 is 0 Å². The second kappa shape index (κ2) is 8.29. The molecule has 0 bridgehead atoms. The van der Waals surface area contributed by atoms with Crippen molar-refractivity contribution in [2.45, 2.75) is 45.6 Å². The third-order valence-corrected chi connectivity index (χ3v) is 8.08. The van der Waals surface area contributed by atoms with Crippen molar-refractivity contribution in [2.75, 3.05) is 31.1 Å². The van der Waals surface area contributed by atoms with E-state index in [9.17, 15) is 9.59 Å². The summed E-state index contributed by atoms with van der Waals surface area (Å²) in [4.78, 5) is 33.5. The Balaban J connectivity index is 1.37. The van der Waals surface area contributed by atoms with E-state index in [1.807, 2.05) is 18.0 Å². The highest BCUT2D eigenvalue weighted by Gasteiger charge is 2.54. The fourth-order valence-corrected chi connectivity index (χ4v) is 6.51. The minimum Gasteiger partial charge on any atom is -0.462 e. The number of hydrogen-bond acceptors (Lipinski definition) is 5. The molecule has 1 aromatic rings. The number of likely N-dealkylation sites (tertiary alicyclic amines) is 1. The van der Waals surface area contributed by atoms with Gasteiger partial charge < -0.3 is 14.5 Å². The Kier molecular flexibility index (Phi) is 5.49. The van der Waals surface area contributed by atoms with Crippen LogP contribution < -0.4 is 4.90 Å². The van der Waals surface area contributed by atoms with E-state index >= 15 is 0 Å². The van der Waals surface area contributed by atoms with Gasteiger partial charge in [-0.25, -0.2) is 0 Å². The van der Waals surface area contributed by atoms with Gasteiger partial charge >= 0.3 is 5.97 Å². The molecule has 3 saturated heterocycles. The molecular weight excluding hydrogens is 390 g/mol. The number of esters is 1. The smallest absolute Gasteiger partial charge is 0.309 e. The van der Waals surface area contributed by atoms with Gasteiger partial charge in [0.15, 0.2) is 0 Å². The van der Waals surface area contributed by atoms with Gasteiger partial charge in [0.05, 0.1) is 23.5 Å². The predicted molar refractivity (Wildman–Crippen MR) is 119 cm³/mol. The highest BCUT2D eigenvalue weighted by molar-refractivity contribution is 5.76. The minimum atomic E-state index is -0.0533. The highest BCUT2D eigenvalue weighted by Crippen LogP contribution is 2.51. The fourth-order valence-electron chi connectivity index (χ4n) is 6.51. The Morgan fingerprint density at radius 2 is 2.03 bits per heavy atom. The van der Waals surface area contributed by atoms with Gasteiger partial charge in [-0.05, 0) is 68.6 Å². The Labute approximate surface area is 184 Å². The number of carbonyl (C=O) groups is 2. The molecule has 1 saturated carbocycles. The van der Waals surface area contributed by atoms with E-state index in [1.165, 1.54) is 18.5 Å². The first-order valence-corrected chi connectivity index (χ1v) is 11.9. The molecule has 5 rings (SSSR count). The Morgan fingerprint density at radius 3 is 2.74 bits per heavy atom. The number of fused-ring (bicyclic) bond motifs is 2. The zero-order valence-corrected chi connectivity index (χ0v) is 18.6. The molecule has 4 aliphatic rings. The summed E-state index contributed by atoms with van der Waals surface area (Å²) in [6, 6.07) is 4.26. The van der Waals surface area contributed by atoms with Crippen LogP contribution in [0.2, 0.25) is 0 Å². The molecule has 0 unspecified atom stereocenters. The number of ether oxygens (including phenoxy) is 1. The summed E-state index contributed by atoms with van der Waals surface area (Å²) in [6.07, 6.45) is 10.7. The third kappa shape index (κ3) is 3.85. The van der Waals surface area contributed by atoms with Crippen molar-refractivity contribution < 1.29 is 14.3 Å². The van der Waals surface area contributed by atoms with Crippen molar-refractivity contribution in [3.8, 4) is 0 Å². The fraction of sp³-hybridized carbons (Fsp3) is 0.640. The van der Waals surface area contributed by atoms with E-state index in [4.69, 9.17) is 4.74 Å². The molecule has 3 aliphatic heterocycles. The first-order chi connectivity index (χ1) is 15.0. The number of piperidine rings is 1. The maximum absolute atomic E-state index is 12.5. The van der Waals surface area contributed by atoms with E-state index in [0.29, 0.717) is 11.8 Å². The van der Waals surface area contributed by atoms with E-state index in [2.05, 4.69) is 34.2 Å². The van der Waals surface area contributed by atoms with Crippen LogP contribution in [0, 0.1) is 29.6 Å². The first-order valence-electron chi connectivity index (χ1n) is 11.9. The molecule has 0 radical (unpaired) electrons. The molecule has 0 aromatic carbocycles. The summed E-state index contributed by atoms with van der Waals surface area (Å²) >= 11 is 0. The average molecular weight is 424 g/mol. The van der Waals surface area contributed by atoms with Crippen LogP contribution in [0.1, 0.15) is 45.2 Å². The molecule has 6 atom stereocenters. The summed E-state index contributed by atoms with van der Waals surface area (Å²) in [5.41, 5.74) is 2.16. The van der Waals surface area contributed by atoms with Crippen LogP contribution in [0.4, 0.5) is 5.69 Å². The molecular formula is C25H33N3O3. The van der Waals surface area contributed by atoms with Crippen molar-refractivity contribution >= 4 is 23.6 Å². The molecule has 1 amide bonds. The monoisotopic (exact) mass is 423 g/mol. The topological polar surface area (TPSA) is 62.7 Å². The second-order valence-electron chi connectivity index (χ2n) is 9.81. The number of allylic oxidation sites excluding steroid dienone is 1. The average Bonchev–Trinajstić information content (AvgIpc) is 3.40. The lowest BCUT2D eigenvalue weighted by Gasteiger charge is -2.48. The van der Waals surface area contributed by atoms with E-state index in [-0.39, 0.29) is 35.7 Å². The molecule has 4 heterocycles. The van der Waals surface area contributed by atoms with Crippen molar-refractivity contribution in [1.29, 1.82) is 0 Å². The van der Waals surface area contributed by atoms with Crippen LogP contribution in [0.3, 0.4) is 0 Å². The maximum Gasteiger partial charge on any atom is 0.309 e. The highest BCUT2D eigenvalue weighted by atomic mass is 16.6. The van der Waals surface area contributed by atoms with Gasteiger partial charge in [-0.3, -0.25) is 14.6 Å². The minimum absolute atomic E-state index is 0.0514. The SMILES string of the molecule is CC(=O)N1CC[C@@H]2[C@H](C[C@H]3C(=O)O[C@H](C)[C@H]3[C@H]2/C=C/c2ccc(N3CCCC3)cn2)C1. The summed E-state index contributed by atoms with van der Waals surface area (Å²) in [6.45, 7) is 7.50. The number of anilines is 1. The van der Waals surface area contributed by atoms with Crippen LogP contribution in [-0.4, -0.2) is 54.0 Å². The van der Waals surface area contributed by atoms with Crippen LogP contribution in [-0.2, 0) is 14.3 Å². The summed E-state index contributed by atoms with van der Waals surface area (Å²) in [5, 5.41) is 0. The van der Waals surface area contributed by atoms with Gasteiger partial charge in [-0.2, -0.15) is 0 Å². The number of hydrogen-bond donors (Lipinski definition) is 0. The molecule has 0 N–H and O–H groups in total. The standard InChI is InChI=1S/C25H33N3O3/c1-16-24-22(8-6-19-5-7-20(14-26-19)27-10-3-4-11-27)21-9-12-28(17(2)29)15-18(21)13-23(24)25(30)31-16/h5-8,14,16,18,21-24H,3-4,9-13,15H2,1-2H3/b8-6+/t16-,18-,21-,22+,23-,24+/m1/s1. The molecule has 0 spiro atoms. The Morgan fingerprint density at radius 1 is 1.23 bits per heavy atom. The normalized spacial score (nSPS) is 35.2. The molecule has 166 valence electrons. The number of cyclic esters (lactones) is 1. The van der Waals surface area contributed by atoms with Crippen molar-refractivity contribution in [1.82, 2.24) is 9.88 Å². The number of rotatable bonds is 3. The first kappa shape index (κ1) is 20.5. The van der Waals surface area contributed by atoms with Gasteiger partial charge in [-0.1, -0.05) is 6.08 Å². The Bertz CT molecular complexity index is 861. The van der Waals surface area contributed by atoms with Crippen LogP contribution >= 0.6 is 0 Å². The summed E-state index contributed by atoms with van der Waals surface area (Å²) < 4.78 is 5.67. The molecule has 6 heteroatoms. The number of aromatic nitrogens is 1. The zero-order valence-electron chi connectivity index (χ0n) is 18.6. The summed E-state index contributed by atoms with van der Waals surface area (Å²) in [7, 11) is 0. The lowest BCUT2D eigenvalue weighted by molar-refractivity contribution is -0.144. The molecule has 1 aromatic heterocycles. The van der Waals surface area contributed by atoms with E-state index in [0.717, 1.165) is 44.7 Å². The number of carbonyl (C=O) groups excluding carboxylic acids is 2. The molecule has 31 heavy (non-hydrogen) atoms. The lowest BCUT2D eigenvalue weighted by atomic mass is 9.59. The molecule has 4 fully saturated rings. The molecule has 6 nitrogen and oxygen atoms in total. The van der Waals surface area contributed by atoms with Gasteiger partial charge in [0.1, 0.15) is 6.10 Å².